The van der Waals surface area contributed by atoms with Gasteiger partial charge in [0.25, 0.3) is 0 Å². The van der Waals surface area contributed by atoms with E-state index in [1.165, 1.54) is 6.20 Å². The van der Waals surface area contributed by atoms with Gasteiger partial charge in [0.2, 0.25) is 5.76 Å². The van der Waals surface area contributed by atoms with Crippen molar-refractivity contribution in [3.8, 4) is 0 Å². The van der Waals surface area contributed by atoms with Gasteiger partial charge in [-0.15, -0.1) is 0 Å². The summed E-state index contributed by atoms with van der Waals surface area (Å²) in [5.41, 5.74) is 0.519. The summed E-state index contributed by atoms with van der Waals surface area (Å²) in [7, 11) is 1.13. The smallest absolute Gasteiger partial charge is 0.382 e. The molecule has 0 amide bonds. The summed E-state index contributed by atoms with van der Waals surface area (Å²) in [4.78, 5) is 21.8. The van der Waals surface area contributed by atoms with E-state index in [-0.39, 0.29) is 5.76 Å². The van der Waals surface area contributed by atoms with Gasteiger partial charge in [-0.25, -0.2) is 4.79 Å². The highest BCUT2D eigenvalue weighted by atomic mass is 16.5. The van der Waals surface area contributed by atoms with Gasteiger partial charge in [-0.3, -0.25) is 4.79 Å². The van der Waals surface area contributed by atoms with Crippen molar-refractivity contribution in [1.29, 1.82) is 0 Å². The molecule has 0 aliphatic heterocycles. The van der Waals surface area contributed by atoms with Crippen LogP contribution >= 0.6 is 0 Å². The fourth-order valence-electron chi connectivity index (χ4n) is 0.695. The number of Topliss-reactive ketones (excluding diaryl/α,β-unsaturated/α-hetero) is 1. The zero-order chi connectivity index (χ0) is 9.14. The lowest BCUT2D eigenvalue weighted by molar-refractivity contribution is -0.135. The van der Waals surface area contributed by atoms with E-state index in [9.17, 15) is 9.59 Å². The lowest BCUT2D eigenvalue weighted by atomic mass is 10.2. The Labute approximate surface area is 68.3 Å². The third kappa shape index (κ3) is 1.34. The third-order valence-corrected chi connectivity index (χ3v) is 1.33. The highest BCUT2D eigenvalue weighted by Gasteiger charge is 2.22. The average Bonchev–Trinajstić information content (AvgIpc) is 2.48. The molecule has 12 heavy (non-hydrogen) atoms. The van der Waals surface area contributed by atoms with Crippen LogP contribution in [0.25, 0.3) is 0 Å². The molecule has 0 unspecified atom stereocenters. The zero-order valence-electron chi connectivity index (χ0n) is 6.66. The predicted molar refractivity (Wildman–Crippen MR) is 37.6 cm³/mol. The van der Waals surface area contributed by atoms with Gasteiger partial charge in [0, 0.05) is 5.56 Å². The highest BCUT2D eigenvalue weighted by Crippen LogP contribution is 2.07. The maximum Gasteiger partial charge on any atom is 0.382 e. The van der Waals surface area contributed by atoms with E-state index < -0.39 is 11.8 Å². The standard InChI is InChI=1S/C7H7NO4/c1-4-3-8-12-6(4)5(9)7(10)11-2/h3H,1-2H3. The molecule has 64 valence electrons. The molecule has 0 aliphatic carbocycles. The van der Waals surface area contributed by atoms with Gasteiger partial charge >= 0.3 is 11.8 Å². The largest absolute Gasteiger partial charge is 0.463 e. The zero-order valence-corrected chi connectivity index (χ0v) is 6.66. The normalized spacial score (nSPS) is 9.50. The van der Waals surface area contributed by atoms with Gasteiger partial charge in [-0.1, -0.05) is 5.16 Å². The van der Waals surface area contributed by atoms with Crippen LogP contribution in [0.5, 0.6) is 0 Å². The van der Waals surface area contributed by atoms with Crippen molar-refractivity contribution in [2.24, 2.45) is 0 Å². The van der Waals surface area contributed by atoms with Gasteiger partial charge in [0.1, 0.15) is 0 Å². The molecule has 1 heterocycles. The third-order valence-electron chi connectivity index (χ3n) is 1.33. The van der Waals surface area contributed by atoms with E-state index in [0.717, 1.165) is 7.11 Å². The van der Waals surface area contributed by atoms with Crippen molar-refractivity contribution in [3.63, 3.8) is 0 Å². The number of carbonyl (C=O) groups is 2. The van der Waals surface area contributed by atoms with Crippen molar-refractivity contribution in [3.05, 3.63) is 17.5 Å². The Bertz CT molecular complexity index is 315. The average molecular weight is 169 g/mol. The van der Waals surface area contributed by atoms with Crippen LogP contribution in [0.1, 0.15) is 16.1 Å². The Kier molecular flexibility index (Phi) is 2.23. The molecule has 0 N–H and O–H groups in total. The summed E-state index contributed by atoms with van der Waals surface area (Å²) in [6.07, 6.45) is 1.36. The summed E-state index contributed by atoms with van der Waals surface area (Å²) >= 11 is 0. The predicted octanol–water partition coefficient (Wildman–Crippen LogP) is 0.339. The van der Waals surface area contributed by atoms with Crippen LogP contribution in [0, 0.1) is 6.92 Å². The van der Waals surface area contributed by atoms with E-state index in [2.05, 4.69) is 14.4 Å². The molecule has 1 aromatic rings. The number of hydrogen-bond donors (Lipinski definition) is 0. The fourth-order valence-corrected chi connectivity index (χ4v) is 0.695. The number of aromatic nitrogens is 1. The number of nitrogens with zero attached hydrogens (tertiary/aromatic N) is 1. The van der Waals surface area contributed by atoms with Crippen LogP contribution in [-0.2, 0) is 9.53 Å². The Morgan fingerprint density at radius 3 is 2.67 bits per heavy atom. The Morgan fingerprint density at radius 2 is 2.25 bits per heavy atom. The second-order valence-corrected chi connectivity index (χ2v) is 2.16. The van der Waals surface area contributed by atoms with Gasteiger partial charge in [0.05, 0.1) is 13.3 Å². The van der Waals surface area contributed by atoms with Crippen LogP contribution in [0.3, 0.4) is 0 Å². The Balaban J connectivity index is 2.93. The fraction of sp³-hybridized carbons (Fsp3) is 0.286. The highest BCUT2D eigenvalue weighted by molar-refractivity contribution is 6.40. The summed E-state index contributed by atoms with van der Waals surface area (Å²) in [5, 5.41) is 3.36. The molecule has 0 atom stereocenters. The van der Waals surface area contributed by atoms with Crippen LogP contribution < -0.4 is 0 Å². The van der Waals surface area contributed by atoms with E-state index >= 15 is 0 Å². The van der Waals surface area contributed by atoms with Crippen molar-refractivity contribution in [2.45, 2.75) is 6.92 Å². The summed E-state index contributed by atoms with van der Waals surface area (Å²) < 4.78 is 8.76. The number of aryl methyl sites for hydroxylation is 1. The first-order valence-electron chi connectivity index (χ1n) is 3.20. The van der Waals surface area contributed by atoms with Gasteiger partial charge in [0.15, 0.2) is 0 Å². The minimum Gasteiger partial charge on any atom is -0.463 e. The van der Waals surface area contributed by atoms with Crippen LogP contribution in [-0.4, -0.2) is 24.0 Å². The minimum atomic E-state index is -0.949. The molecule has 0 saturated carbocycles. The molecule has 0 fully saturated rings. The SMILES string of the molecule is COC(=O)C(=O)c1oncc1C. The molecule has 0 spiro atoms. The first-order chi connectivity index (χ1) is 5.66. The number of rotatable bonds is 2. The van der Waals surface area contributed by atoms with E-state index in [4.69, 9.17) is 0 Å². The molecule has 0 radical (unpaired) electrons. The summed E-state index contributed by atoms with van der Waals surface area (Å²) in [6, 6.07) is 0. The van der Waals surface area contributed by atoms with E-state index in [1.807, 2.05) is 0 Å². The first-order valence-corrected chi connectivity index (χ1v) is 3.20. The number of esters is 1. The second kappa shape index (κ2) is 3.17. The number of ether oxygens (including phenoxy) is 1. The van der Waals surface area contributed by atoms with Gasteiger partial charge in [-0.2, -0.15) is 0 Å². The van der Waals surface area contributed by atoms with Crippen LogP contribution in [0.4, 0.5) is 0 Å². The molecule has 0 bridgehead atoms. The number of carbonyl (C=O) groups excluding carboxylic acids is 2. The minimum absolute atomic E-state index is 0.0677. The van der Waals surface area contributed by atoms with Crippen LogP contribution in [0.2, 0.25) is 0 Å². The topological polar surface area (TPSA) is 69.4 Å². The molecule has 1 aromatic heterocycles. The molecule has 1 rings (SSSR count). The molecular formula is C7H7NO4. The van der Waals surface area contributed by atoms with Crippen molar-refractivity contribution >= 4 is 11.8 Å². The number of methoxy groups -OCH3 is 1. The monoisotopic (exact) mass is 169 g/mol. The number of ketones is 1. The van der Waals surface area contributed by atoms with Crippen molar-refractivity contribution in [1.82, 2.24) is 5.16 Å². The molecular weight excluding hydrogens is 162 g/mol. The lowest BCUT2D eigenvalue weighted by Gasteiger charge is -1.93. The maximum absolute atomic E-state index is 11.0. The molecule has 0 aliphatic rings. The molecule has 5 heteroatoms. The Morgan fingerprint density at radius 1 is 1.58 bits per heavy atom. The Hall–Kier alpha value is -1.65. The van der Waals surface area contributed by atoms with Crippen LogP contribution in [0.15, 0.2) is 10.7 Å². The summed E-state index contributed by atoms with van der Waals surface area (Å²) in [5.74, 6) is -1.83. The molecule has 0 saturated heterocycles. The van der Waals surface area contributed by atoms with Gasteiger partial charge < -0.3 is 9.26 Å². The molecule has 0 aromatic carbocycles. The van der Waals surface area contributed by atoms with Crippen molar-refractivity contribution < 1.29 is 18.8 Å². The van der Waals surface area contributed by atoms with Crippen molar-refractivity contribution in [2.75, 3.05) is 7.11 Å². The summed E-state index contributed by atoms with van der Waals surface area (Å²) in [6.45, 7) is 1.62. The second-order valence-electron chi connectivity index (χ2n) is 2.16. The first kappa shape index (κ1) is 8.45. The van der Waals surface area contributed by atoms with E-state index in [1.54, 1.807) is 6.92 Å². The lowest BCUT2D eigenvalue weighted by Crippen LogP contribution is -2.15. The maximum atomic E-state index is 11.0. The molecule has 5 nitrogen and oxygen atoms in total. The van der Waals surface area contributed by atoms with E-state index in [0.29, 0.717) is 5.56 Å². The quantitative estimate of drug-likeness (QED) is 0.362. The van der Waals surface area contributed by atoms with Gasteiger partial charge in [-0.05, 0) is 6.92 Å². The number of hydrogen-bond acceptors (Lipinski definition) is 5.